The van der Waals surface area contributed by atoms with Crippen LogP contribution >= 0.6 is 11.6 Å². The largest absolute Gasteiger partial charge is 0.497 e. The number of amides is 2. The van der Waals surface area contributed by atoms with Crippen LogP contribution in [-0.2, 0) is 26.2 Å². The lowest BCUT2D eigenvalue weighted by Crippen LogP contribution is -2.52. The van der Waals surface area contributed by atoms with Gasteiger partial charge in [-0.15, -0.1) is 0 Å². The van der Waals surface area contributed by atoms with E-state index in [2.05, 4.69) is 5.32 Å². The van der Waals surface area contributed by atoms with Gasteiger partial charge in [-0.1, -0.05) is 43.0 Å². The van der Waals surface area contributed by atoms with Crippen molar-refractivity contribution >= 4 is 39.1 Å². The van der Waals surface area contributed by atoms with Gasteiger partial charge in [-0.3, -0.25) is 13.9 Å². The van der Waals surface area contributed by atoms with Crippen LogP contribution in [0.3, 0.4) is 0 Å². The summed E-state index contributed by atoms with van der Waals surface area (Å²) in [6.45, 7) is 1.36. The Morgan fingerprint density at radius 1 is 1.06 bits per heavy atom. The van der Waals surface area contributed by atoms with Crippen molar-refractivity contribution in [1.82, 2.24) is 10.2 Å². The zero-order valence-corrected chi connectivity index (χ0v) is 22.5. The maximum Gasteiger partial charge on any atom is 0.244 e. The predicted octanol–water partition coefficient (Wildman–Crippen LogP) is 3.98. The number of hydrogen-bond donors (Lipinski definition) is 1. The molecule has 10 heteroatoms. The van der Waals surface area contributed by atoms with Crippen molar-refractivity contribution in [1.29, 1.82) is 0 Å². The number of anilines is 1. The topological polar surface area (TPSA) is 96.0 Å². The summed E-state index contributed by atoms with van der Waals surface area (Å²) in [5.74, 6) is -0.173. The standard InChI is InChI=1S/C26H34ClN3O5S/c1-19(26(32)28-22-7-5-4-6-8-22)29(17-20-9-11-21(27)12-10-20)25(31)18-30(36(3,33)34)23-13-15-24(35-2)16-14-23/h9-16,19,22H,4-8,17-18H2,1-3H3,(H,28,32)/t19-/m1/s1. The van der Waals surface area contributed by atoms with Gasteiger partial charge in [0.15, 0.2) is 0 Å². The Morgan fingerprint density at radius 2 is 1.67 bits per heavy atom. The quantitative estimate of drug-likeness (QED) is 0.496. The molecule has 1 N–H and O–H groups in total. The highest BCUT2D eigenvalue weighted by Crippen LogP contribution is 2.23. The number of rotatable bonds is 10. The van der Waals surface area contributed by atoms with E-state index in [-0.39, 0.29) is 18.5 Å². The first-order valence-electron chi connectivity index (χ1n) is 12.0. The summed E-state index contributed by atoms with van der Waals surface area (Å²) >= 11 is 6.01. The smallest absolute Gasteiger partial charge is 0.244 e. The average molecular weight is 536 g/mol. The second kappa shape index (κ2) is 12.5. The second-order valence-corrected chi connectivity index (χ2v) is 11.5. The molecular formula is C26H34ClN3O5S. The van der Waals surface area contributed by atoms with E-state index >= 15 is 0 Å². The molecule has 2 aromatic rings. The maximum atomic E-state index is 13.6. The molecule has 0 saturated heterocycles. The molecule has 1 aliphatic rings. The summed E-state index contributed by atoms with van der Waals surface area (Å²) < 4.78 is 31.5. The van der Waals surface area contributed by atoms with E-state index < -0.39 is 28.5 Å². The van der Waals surface area contributed by atoms with E-state index in [9.17, 15) is 18.0 Å². The molecule has 0 spiro atoms. The van der Waals surface area contributed by atoms with Crippen LogP contribution in [-0.4, -0.2) is 57.1 Å². The molecule has 0 aromatic heterocycles. The maximum absolute atomic E-state index is 13.6. The number of ether oxygens (including phenoxy) is 1. The summed E-state index contributed by atoms with van der Waals surface area (Å²) in [6.07, 6.45) is 6.19. The van der Waals surface area contributed by atoms with Crippen LogP contribution in [0.15, 0.2) is 48.5 Å². The third-order valence-electron chi connectivity index (χ3n) is 6.42. The molecule has 1 saturated carbocycles. The van der Waals surface area contributed by atoms with Gasteiger partial charge in [0, 0.05) is 17.6 Å². The van der Waals surface area contributed by atoms with Gasteiger partial charge < -0.3 is 15.0 Å². The molecule has 1 fully saturated rings. The van der Waals surface area contributed by atoms with Gasteiger partial charge in [-0.05, 0) is 61.7 Å². The highest BCUT2D eigenvalue weighted by atomic mass is 35.5. The van der Waals surface area contributed by atoms with Gasteiger partial charge in [0.2, 0.25) is 21.8 Å². The first-order valence-corrected chi connectivity index (χ1v) is 14.3. The summed E-state index contributed by atoms with van der Waals surface area (Å²) in [7, 11) is -2.27. The summed E-state index contributed by atoms with van der Waals surface area (Å²) in [5, 5.41) is 3.63. The first kappa shape index (κ1) is 27.8. The third-order valence-corrected chi connectivity index (χ3v) is 7.82. The van der Waals surface area contributed by atoms with Crippen LogP contribution in [0.25, 0.3) is 0 Å². The highest BCUT2D eigenvalue weighted by Gasteiger charge is 2.31. The zero-order chi connectivity index (χ0) is 26.3. The lowest BCUT2D eigenvalue weighted by Gasteiger charge is -2.33. The van der Waals surface area contributed by atoms with E-state index in [4.69, 9.17) is 16.3 Å². The van der Waals surface area contributed by atoms with E-state index in [0.29, 0.717) is 16.5 Å². The van der Waals surface area contributed by atoms with Crippen LogP contribution < -0.4 is 14.4 Å². The Kier molecular flexibility index (Phi) is 9.62. The molecule has 0 heterocycles. The Hall–Kier alpha value is -2.78. The van der Waals surface area contributed by atoms with Crippen molar-refractivity contribution in [2.75, 3.05) is 24.2 Å². The SMILES string of the molecule is COc1ccc(N(CC(=O)N(Cc2ccc(Cl)cc2)[C@H](C)C(=O)NC2CCCCC2)S(C)(=O)=O)cc1. The minimum Gasteiger partial charge on any atom is -0.497 e. The van der Waals surface area contributed by atoms with Gasteiger partial charge in [0.1, 0.15) is 18.3 Å². The predicted molar refractivity (Wildman–Crippen MR) is 142 cm³/mol. The fourth-order valence-electron chi connectivity index (χ4n) is 4.30. The van der Waals surface area contributed by atoms with Crippen molar-refractivity contribution in [3.8, 4) is 5.75 Å². The first-order chi connectivity index (χ1) is 17.1. The van der Waals surface area contributed by atoms with Crippen molar-refractivity contribution in [3.63, 3.8) is 0 Å². The summed E-state index contributed by atoms with van der Waals surface area (Å²) in [4.78, 5) is 28.2. The van der Waals surface area contributed by atoms with E-state index in [1.54, 1.807) is 55.5 Å². The number of nitrogens with zero attached hydrogens (tertiary/aromatic N) is 2. The molecule has 36 heavy (non-hydrogen) atoms. The Balaban J connectivity index is 1.85. The summed E-state index contributed by atoms with van der Waals surface area (Å²) in [5.41, 5.74) is 1.11. The van der Waals surface area contributed by atoms with Gasteiger partial charge in [-0.25, -0.2) is 8.42 Å². The van der Waals surface area contributed by atoms with E-state index in [1.807, 2.05) is 0 Å². The molecule has 1 aliphatic carbocycles. The number of carbonyl (C=O) groups excluding carboxylic acids is 2. The normalized spacial score (nSPS) is 15.1. The van der Waals surface area contributed by atoms with Crippen molar-refractivity contribution in [2.45, 2.75) is 57.7 Å². The number of nitrogens with one attached hydrogen (secondary N) is 1. The Labute approximate surface area is 218 Å². The van der Waals surface area contributed by atoms with Crippen molar-refractivity contribution in [3.05, 3.63) is 59.1 Å². The van der Waals surface area contributed by atoms with Gasteiger partial charge in [0.25, 0.3) is 0 Å². The Morgan fingerprint density at radius 3 is 2.22 bits per heavy atom. The van der Waals surface area contributed by atoms with Crippen molar-refractivity contribution in [2.24, 2.45) is 0 Å². The van der Waals surface area contributed by atoms with Crippen LogP contribution in [0.5, 0.6) is 5.75 Å². The lowest BCUT2D eigenvalue weighted by molar-refractivity contribution is -0.139. The minimum atomic E-state index is -3.79. The monoisotopic (exact) mass is 535 g/mol. The molecule has 2 amide bonds. The lowest BCUT2D eigenvalue weighted by atomic mass is 9.95. The number of halogens is 1. The minimum absolute atomic E-state index is 0.0907. The number of carbonyl (C=O) groups is 2. The number of benzene rings is 2. The van der Waals surface area contributed by atoms with Crippen LogP contribution in [0.4, 0.5) is 5.69 Å². The fraction of sp³-hybridized carbons (Fsp3) is 0.462. The Bertz CT molecular complexity index is 1130. The van der Waals surface area contributed by atoms with Crippen LogP contribution in [0, 0.1) is 0 Å². The third kappa shape index (κ3) is 7.61. The molecule has 0 unspecified atom stereocenters. The van der Waals surface area contributed by atoms with Gasteiger partial charge >= 0.3 is 0 Å². The van der Waals surface area contributed by atoms with Crippen molar-refractivity contribution < 1.29 is 22.7 Å². The number of hydrogen-bond acceptors (Lipinski definition) is 5. The number of sulfonamides is 1. The summed E-state index contributed by atoms with van der Waals surface area (Å²) in [6, 6.07) is 12.7. The zero-order valence-electron chi connectivity index (χ0n) is 20.9. The molecule has 2 aromatic carbocycles. The average Bonchev–Trinajstić information content (AvgIpc) is 2.86. The van der Waals surface area contributed by atoms with Gasteiger partial charge in [0.05, 0.1) is 19.1 Å². The van der Waals surface area contributed by atoms with E-state index in [1.165, 1.54) is 12.0 Å². The molecule has 3 rings (SSSR count). The second-order valence-electron chi connectivity index (χ2n) is 9.14. The molecule has 1 atom stereocenters. The molecule has 0 bridgehead atoms. The fourth-order valence-corrected chi connectivity index (χ4v) is 5.28. The molecule has 0 radical (unpaired) electrons. The molecule has 196 valence electrons. The molecule has 0 aliphatic heterocycles. The van der Waals surface area contributed by atoms with Gasteiger partial charge in [-0.2, -0.15) is 0 Å². The molecule has 8 nitrogen and oxygen atoms in total. The number of methoxy groups -OCH3 is 1. The highest BCUT2D eigenvalue weighted by molar-refractivity contribution is 7.92. The molecular weight excluding hydrogens is 502 g/mol. The van der Waals surface area contributed by atoms with E-state index in [0.717, 1.165) is 48.2 Å². The van der Waals surface area contributed by atoms with Crippen LogP contribution in [0.2, 0.25) is 5.02 Å². The van der Waals surface area contributed by atoms with Crippen LogP contribution in [0.1, 0.15) is 44.6 Å².